The monoisotopic (exact) mass is 594 g/mol. The Morgan fingerprint density at radius 3 is 2.51 bits per heavy atom. The van der Waals surface area contributed by atoms with Gasteiger partial charge >= 0.3 is 11.8 Å². The maximum atomic E-state index is 14.0. The second-order valence-corrected chi connectivity index (χ2v) is 11.4. The molecule has 3 aromatic rings. The highest BCUT2D eigenvalue weighted by Crippen LogP contribution is 2.31. The number of amides is 2. The summed E-state index contributed by atoms with van der Waals surface area (Å²) in [5.74, 6) is -1.07. The minimum absolute atomic E-state index is 0.0623. The summed E-state index contributed by atoms with van der Waals surface area (Å²) < 4.78 is 11.9. The number of hydrogen-bond donors (Lipinski definition) is 0. The highest BCUT2D eigenvalue weighted by molar-refractivity contribution is 7.98. The zero-order chi connectivity index (χ0) is 28.5. The fraction of sp³-hybridized carbons (Fsp3) is 0.440. The number of hydrogen-bond acceptors (Lipinski definition) is 9. The first-order chi connectivity index (χ1) is 18.4. The summed E-state index contributed by atoms with van der Waals surface area (Å²) in [6.45, 7) is 6.01. The molecule has 1 atom stereocenters. The molecule has 0 aliphatic carbocycles. The molecule has 4 rings (SSSR count). The minimum Gasteiger partial charge on any atom is -0.444 e. The van der Waals surface area contributed by atoms with E-state index in [2.05, 4.69) is 15.1 Å². The molecule has 2 amide bonds. The van der Waals surface area contributed by atoms with Crippen molar-refractivity contribution < 1.29 is 18.7 Å². The lowest BCUT2D eigenvalue weighted by atomic mass is 10.1. The number of likely N-dealkylation sites (tertiary alicyclic amines) is 1. The Bertz CT molecular complexity index is 1430. The van der Waals surface area contributed by atoms with Gasteiger partial charge < -0.3 is 19.0 Å². The van der Waals surface area contributed by atoms with Crippen LogP contribution in [0.25, 0.3) is 11.5 Å². The van der Waals surface area contributed by atoms with Crippen molar-refractivity contribution in [2.24, 2.45) is 7.05 Å². The van der Waals surface area contributed by atoms with Gasteiger partial charge in [-0.1, -0.05) is 41.0 Å². The zero-order valence-corrected chi connectivity index (χ0v) is 24.4. The summed E-state index contributed by atoms with van der Waals surface area (Å²) in [7, 11) is 1.47. The molecule has 2 aromatic heterocycles. The maximum absolute atomic E-state index is 14.0. The van der Waals surface area contributed by atoms with E-state index in [4.69, 9.17) is 32.4 Å². The number of aromatic nitrogens is 4. The van der Waals surface area contributed by atoms with Gasteiger partial charge in [-0.3, -0.25) is 4.79 Å². The molecule has 0 N–H and O–H groups in total. The molecule has 14 heteroatoms. The summed E-state index contributed by atoms with van der Waals surface area (Å²) in [5.41, 5.74) is 0.193. The molecule has 0 saturated carbocycles. The molecule has 3 heterocycles. The Labute approximate surface area is 239 Å². The van der Waals surface area contributed by atoms with Crippen molar-refractivity contribution >= 4 is 52.7 Å². The lowest BCUT2D eigenvalue weighted by molar-refractivity contribution is 0.0230. The molecule has 1 fully saturated rings. The lowest BCUT2D eigenvalue weighted by Crippen LogP contribution is -2.47. The Morgan fingerprint density at radius 1 is 1.23 bits per heavy atom. The first-order valence-electron chi connectivity index (χ1n) is 12.1. The van der Waals surface area contributed by atoms with Crippen molar-refractivity contribution in [1.82, 2.24) is 24.6 Å². The number of halogens is 2. The average Bonchev–Trinajstić information content (AvgIpc) is 3.47. The summed E-state index contributed by atoms with van der Waals surface area (Å²) in [6.07, 6.45) is 2.72. The largest absolute Gasteiger partial charge is 0.444 e. The highest BCUT2D eigenvalue weighted by atomic mass is 35.5. The number of thioether (sulfide) groups is 1. The van der Waals surface area contributed by atoms with Crippen molar-refractivity contribution in [1.29, 1.82) is 0 Å². The van der Waals surface area contributed by atoms with Crippen LogP contribution in [0.2, 0.25) is 10.3 Å². The van der Waals surface area contributed by atoms with E-state index in [9.17, 15) is 14.4 Å². The topological polar surface area (TPSA) is 124 Å². The summed E-state index contributed by atoms with van der Waals surface area (Å²) in [4.78, 5) is 50.3. The van der Waals surface area contributed by atoms with Gasteiger partial charge in [0.2, 0.25) is 5.89 Å². The van der Waals surface area contributed by atoms with Gasteiger partial charge in [-0.25, -0.2) is 19.6 Å². The third-order valence-electron chi connectivity index (χ3n) is 5.93. The quantitative estimate of drug-likeness (QED) is 0.222. The lowest BCUT2D eigenvalue weighted by Gasteiger charge is -2.32. The van der Waals surface area contributed by atoms with Gasteiger partial charge in [0.25, 0.3) is 5.91 Å². The second kappa shape index (κ2) is 11.6. The number of benzene rings is 1. The van der Waals surface area contributed by atoms with Gasteiger partial charge in [-0.2, -0.15) is 4.68 Å². The van der Waals surface area contributed by atoms with Gasteiger partial charge in [0, 0.05) is 31.4 Å². The van der Waals surface area contributed by atoms with Gasteiger partial charge in [0.1, 0.15) is 21.5 Å². The minimum atomic E-state index is -0.669. The number of ether oxygens (including phenoxy) is 1. The number of carbonyl (C=O) groups is 2. The molecular formula is C25H28Cl2N6O5S. The van der Waals surface area contributed by atoms with Crippen LogP contribution in [0, 0.1) is 0 Å². The van der Waals surface area contributed by atoms with Crippen LogP contribution >= 0.6 is 35.0 Å². The molecule has 39 heavy (non-hydrogen) atoms. The van der Waals surface area contributed by atoms with E-state index in [0.717, 1.165) is 11.1 Å². The van der Waals surface area contributed by atoms with Crippen molar-refractivity contribution in [2.45, 2.75) is 50.4 Å². The van der Waals surface area contributed by atoms with Crippen molar-refractivity contribution in [3.05, 3.63) is 50.7 Å². The molecule has 11 nitrogen and oxygen atoms in total. The van der Waals surface area contributed by atoms with E-state index >= 15 is 0 Å². The van der Waals surface area contributed by atoms with E-state index in [-0.39, 0.29) is 34.3 Å². The van der Waals surface area contributed by atoms with Gasteiger partial charge in [0.15, 0.2) is 5.16 Å². The van der Waals surface area contributed by atoms with Crippen molar-refractivity contribution in [2.75, 3.05) is 24.2 Å². The predicted molar refractivity (Wildman–Crippen MR) is 149 cm³/mol. The number of aryl methyl sites for hydroxylation is 1. The maximum Gasteiger partial charge on any atom is 0.437 e. The van der Waals surface area contributed by atoms with Crippen LogP contribution in [-0.2, 0) is 11.8 Å². The predicted octanol–water partition coefficient (Wildman–Crippen LogP) is 4.91. The normalized spacial score (nSPS) is 15.5. The van der Waals surface area contributed by atoms with E-state index in [1.54, 1.807) is 56.2 Å². The Hall–Kier alpha value is -3.09. The van der Waals surface area contributed by atoms with Crippen LogP contribution in [0.3, 0.4) is 0 Å². The Balaban J connectivity index is 1.75. The molecular weight excluding hydrogens is 567 g/mol. The van der Waals surface area contributed by atoms with Crippen molar-refractivity contribution in [3.63, 3.8) is 0 Å². The molecule has 1 aromatic carbocycles. The van der Waals surface area contributed by atoms with E-state index < -0.39 is 23.4 Å². The summed E-state index contributed by atoms with van der Waals surface area (Å²) in [5, 5.41) is 4.26. The smallest absolute Gasteiger partial charge is 0.437 e. The number of carbonyl (C=O) groups excluding carboxylic acids is 2. The number of rotatable bonds is 6. The van der Waals surface area contributed by atoms with Crippen LogP contribution in [0.5, 0.6) is 0 Å². The van der Waals surface area contributed by atoms with Crippen LogP contribution in [-0.4, -0.2) is 67.6 Å². The molecule has 208 valence electrons. The number of nitrogens with zero attached hydrogens (tertiary/aromatic N) is 6. The third-order valence-corrected chi connectivity index (χ3v) is 7.03. The fourth-order valence-electron chi connectivity index (χ4n) is 4.17. The Morgan fingerprint density at radius 2 is 1.92 bits per heavy atom. The molecule has 0 unspecified atom stereocenters. The number of anilines is 1. The van der Waals surface area contributed by atoms with Crippen LogP contribution in [0.1, 0.15) is 44.0 Å². The first-order valence-corrected chi connectivity index (χ1v) is 14.1. The standard InChI is InChI=1S/C25H28Cl2N6O5S/c1-25(2,3)38-24(36)32-11-7-10-16(32)13-33(21(34)17-18(26)28-22(39-5)29-19(17)27)15-9-6-8-14(12-15)20-30-31(4)23(35)37-20/h6,8-9,12,16H,7,10-11,13H2,1-5H3/t16-/m0/s1. The molecule has 1 aliphatic heterocycles. The van der Waals surface area contributed by atoms with E-state index in [1.807, 2.05) is 0 Å². The van der Waals surface area contributed by atoms with Gasteiger partial charge in [-0.05, 0) is 58.1 Å². The summed E-state index contributed by atoms with van der Waals surface area (Å²) >= 11 is 14.1. The second-order valence-electron chi connectivity index (χ2n) is 9.90. The molecule has 1 saturated heterocycles. The fourth-order valence-corrected chi connectivity index (χ4v) is 5.18. The molecule has 0 bridgehead atoms. The van der Waals surface area contributed by atoms with Crippen LogP contribution in [0.4, 0.5) is 10.5 Å². The average molecular weight is 596 g/mol. The first kappa shape index (κ1) is 28.9. The van der Waals surface area contributed by atoms with Crippen LogP contribution < -0.4 is 10.7 Å². The Kier molecular flexibility index (Phi) is 8.57. The van der Waals surface area contributed by atoms with E-state index in [1.165, 1.54) is 23.7 Å². The SMILES string of the molecule is CSc1nc(Cl)c(C(=O)N(C[C@@H]2CCCN2C(=O)OC(C)(C)C)c2cccc(-c3nn(C)c(=O)o3)c2)c(Cl)n1. The zero-order valence-electron chi connectivity index (χ0n) is 22.1. The van der Waals surface area contributed by atoms with Gasteiger partial charge in [0.05, 0.1) is 6.04 Å². The van der Waals surface area contributed by atoms with E-state index in [0.29, 0.717) is 29.4 Å². The van der Waals surface area contributed by atoms with Crippen molar-refractivity contribution in [3.8, 4) is 11.5 Å². The highest BCUT2D eigenvalue weighted by Gasteiger charge is 2.36. The third kappa shape index (κ3) is 6.56. The van der Waals surface area contributed by atoms with Gasteiger partial charge in [-0.15, -0.1) is 5.10 Å². The summed E-state index contributed by atoms with van der Waals surface area (Å²) in [6, 6.07) is 6.44. The molecule has 0 radical (unpaired) electrons. The molecule has 0 spiro atoms. The van der Waals surface area contributed by atoms with Crippen LogP contribution in [0.15, 0.2) is 38.6 Å². The molecule has 1 aliphatic rings.